The number of hydrogen-bond donors (Lipinski definition) is 1. The number of hydrogen-bond acceptors (Lipinski definition) is 7. The Balaban J connectivity index is 1.37. The van der Waals surface area contributed by atoms with Gasteiger partial charge in [0.15, 0.2) is 18.1 Å². The molecule has 2 aromatic rings. The van der Waals surface area contributed by atoms with Crippen molar-refractivity contribution in [2.75, 3.05) is 20.0 Å². The van der Waals surface area contributed by atoms with Crippen LogP contribution in [0.2, 0.25) is 0 Å². The molecule has 0 atom stereocenters. The molecule has 1 aliphatic rings. The number of fused-ring (bicyclic) bond motifs is 1. The number of ether oxygens (including phenoxy) is 3. The maximum absolute atomic E-state index is 11.8. The average molecular weight is 398 g/mol. The Hall–Kier alpha value is -3.55. The second kappa shape index (κ2) is 9.59. The molecule has 8 heteroatoms. The van der Waals surface area contributed by atoms with Gasteiger partial charge in [0.25, 0.3) is 5.91 Å². The number of nitrogens with zero attached hydrogens (tertiary/aromatic N) is 1. The molecule has 1 amide bonds. The second-order valence-corrected chi connectivity index (χ2v) is 6.38. The van der Waals surface area contributed by atoms with Crippen LogP contribution in [0.1, 0.15) is 23.6 Å². The van der Waals surface area contributed by atoms with Crippen LogP contribution >= 0.6 is 0 Å². The molecule has 0 aliphatic carbocycles. The highest BCUT2D eigenvalue weighted by molar-refractivity contribution is 5.99. The summed E-state index contributed by atoms with van der Waals surface area (Å²) in [7, 11) is 0. The van der Waals surface area contributed by atoms with Gasteiger partial charge in [0, 0.05) is 12.1 Å². The van der Waals surface area contributed by atoms with E-state index in [1.165, 1.54) is 0 Å². The van der Waals surface area contributed by atoms with Crippen LogP contribution in [0.15, 0.2) is 47.6 Å². The van der Waals surface area contributed by atoms with Crippen LogP contribution in [0.3, 0.4) is 0 Å². The number of oxime groups is 1. The third-order valence-electron chi connectivity index (χ3n) is 4.28. The van der Waals surface area contributed by atoms with Gasteiger partial charge in [-0.2, -0.15) is 0 Å². The van der Waals surface area contributed by atoms with E-state index in [0.29, 0.717) is 23.8 Å². The smallest absolute Gasteiger partial charge is 0.347 e. The first-order valence-corrected chi connectivity index (χ1v) is 9.06. The third-order valence-corrected chi connectivity index (χ3v) is 4.28. The molecule has 2 aromatic carbocycles. The molecule has 152 valence electrons. The number of benzene rings is 2. The van der Waals surface area contributed by atoms with Crippen molar-refractivity contribution in [2.45, 2.75) is 20.4 Å². The van der Waals surface area contributed by atoms with Crippen molar-refractivity contribution in [1.82, 2.24) is 5.32 Å². The quantitative estimate of drug-likeness (QED) is 0.417. The van der Waals surface area contributed by atoms with E-state index in [4.69, 9.17) is 19.0 Å². The summed E-state index contributed by atoms with van der Waals surface area (Å²) in [6, 6.07) is 13.1. The molecule has 0 radical (unpaired) electrons. The molecule has 0 bridgehead atoms. The average Bonchev–Trinajstić information content (AvgIpc) is 3.19. The number of esters is 1. The lowest BCUT2D eigenvalue weighted by atomic mass is 10.1. The minimum absolute atomic E-state index is 0.190. The first-order chi connectivity index (χ1) is 14.0. The minimum Gasteiger partial charge on any atom is -0.454 e. The van der Waals surface area contributed by atoms with Gasteiger partial charge < -0.3 is 24.4 Å². The highest BCUT2D eigenvalue weighted by atomic mass is 16.7. The molecule has 0 saturated carbocycles. The first kappa shape index (κ1) is 20.2. The lowest BCUT2D eigenvalue weighted by Gasteiger charge is -2.08. The van der Waals surface area contributed by atoms with E-state index in [0.717, 1.165) is 16.7 Å². The van der Waals surface area contributed by atoms with E-state index in [9.17, 15) is 9.59 Å². The summed E-state index contributed by atoms with van der Waals surface area (Å²) < 4.78 is 15.5. The molecule has 1 aliphatic heterocycles. The summed E-state index contributed by atoms with van der Waals surface area (Å²) in [5.41, 5.74) is 3.42. The molecule has 0 fully saturated rings. The largest absolute Gasteiger partial charge is 0.454 e. The molecule has 1 heterocycles. The summed E-state index contributed by atoms with van der Waals surface area (Å²) in [5.74, 6) is 0.236. The Labute approximate surface area is 168 Å². The normalized spacial score (nSPS) is 12.4. The molecule has 0 spiro atoms. The summed E-state index contributed by atoms with van der Waals surface area (Å²) in [4.78, 5) is 28.5. The van der Waals surface area contributed by atoms with E-state index in [-0.39, 0.29) is 19.3 Å². The van der Waals surface area contributed by atoms with Gasteiger partial charge in [0.05, 0.1) is 5.71 Å². The molecular formula is C21H22N2O6. The Kier molecular flexibility index (Phi) is 6.67. The van der Waals surface area contributed by atoms with Gasteiger partial charge in [-0.3, -0.25) is 4.79 Å². The minimum atomic E-state index is -0.682. The zero-order valence-electron chi connectivity index (χ0n) is 16.3. The van der Waals surface area contributed by atoms with Crippen molar-refractivity contribution in [1.29, 1.82) is 0 Å². The second-order valence-electron chi connectivity index (χ2n) is 6.38. The van der Waals surface area contributed by atoms with E-state index in [1.54, 1.807) is 19.1 Å². The van der Waals surface area contributed by atoms with Crippen molar-refractivity contribution in [3.63, 3.8) is 0 Å². The van der Waals surface area contributed by atoms with Gasteiger partial charge in [0.2, 0.25) is 13.4 Å². The van der Waals surface area contributed by atoms with Crippen molar-refractivity contribution < 1.29 is 28.6 Å². The topological polar surface area (TPSA) is 95.5 Å². The van der Waals surface area contributed by atoms with Crippen LogP contribution in [0.25, 0.3) is 0 Å². The number of rotatable bonds is 8. The van der Waals surface area contributed by atoms with E-state index < -0.39 is 12.6 Å². The van der Waals surface area contributed by atoms with Crippen molar-refractivity contribution in [3.05, 3.63) is 59.2 Å². The van der Waals surface area contributed by atoms with Crippen LogP contribution in [-0.2, 0) is 25.7 Å². The molecule has 3 rings (SSSR count). The summed E-state index contributed by atoms with van der Waals surface area (Å²) >= 11 is 0. The van der Waals surface area contributed by atoms with Crippen LogP contribution in [0.5, 0.6) is 11.5 Å². The molecular weight excluding hydrogens is 376 g/mol. The number of carbonyl (C=O) groups is 2. The first-order valence-electron chi connectivity index (χ1n) is 9.06. The molecule has 8 nitrogen and oxygen atoms in total. The monoisotopic (exact) mass is 398 g/mol. The molecule has 1 N–H and O–H groups in total. The number of aryl methyl sites for hydroxylation is 1. The number of carbonyl (C=O) groups excluding carboxylic acids is 2. The zero-order chi connectivity index (χ0) is 20.6. The Morgan fingerprint density at radius 2 is 1.90 bits per heavy atom. The Bertz CT molecular complexity index is 925. The van der Waals surface area contributed by atoms with Crippen LogP contribution in [0, 0.1) is 6.92 Å². The fraction of sp³-hybridized carbons (Fsp3) is 0.286. The Morgan fingerprint density at radius 1 is 1.10 bits per heavy atom. The third kappa shape index (κ3) is 5.71. The summed E-state index contributed by atoms with van der Waals surface area (Å²) in [6.07, 6.45) is 0. The van der Waals surface area contributed by atoms with E-state index in [1.807, 2.05) is 37.3 Å². The lowest BCUT2D eigenvalue weighted by molar-refractivity contribution is -0.152. The molecule has 0 unspecified atom stereocenters. The lowest BCUT2D eigenvalue weighted by Crippen LogP contribution is -2.29. The summed E-state index contributed by atoms with van der Waals surface area (Å²) in [6.45, 7) is 3.49. The predicted molar refractivity (Wildman–Crippen MR) is 105 cm³/mol. The fourth-order valence-electron chi connectivity index (χ4n) is 2.60. The standard InChI is InChI=1S/C21H22N2O6/c1-14-5-3-4-6-17(14)10-22-20(24)11-26-21(25)12-29-23-15(2)16-7-8-18-19(9-16)28-13-27-18/h3-9H,10-13H2,1-2H3,(H,22,24)/b23-15-. The van der Waals surface area contributed by atoms with Crippen LogP contribution in [-0.4, -0.2) is 37.6 Å². The zero-order valence-corrected chi connectivity index (χ0v) is 16.3. The summed E-state index contributed by atoms with van der Waals surface area (Å²) in [5, 5.41) is 6.60. The molecule has 0 aromatic heterocycles. The maximum atomic E-state index is 11.8. The van der Waals surface area contributed by atoms with Gasteiger partial charge >= 0.3 is 5.97 Å². The molecule has 29 heavy (non-hydrogen) atoms. The number of nitrogens with one attached hydrogen (secondary N) is 1. The van der Waals surface area contributed by atoms with Gasteiger partial charge in [-0.25, -0.2) is 4.79 Å². The van der Waals surface area contributed by atoms with Crippen LogP contribution in [0.4, 0.5) is 0 Å². The molecule has 0 saturated heterocycles. The highest BCUT2D eigenvalue weighted by Gasteiger charge is 2.14. The van der Waals surface area contributed by atoms with Crippen LogP contribution < -0.4 is 14.8 Å². The van der Waals surface area contributed by atoms with Crippen molar-refractivity contribution >= 4 is 17.6 Å². The van der Waals surface area contributed by atoms with Gasteiger partial charge in [0.1, 0.15) is 0 Å². The van der Waals surface area contributed by atoms with Gasteiger partial charge in [-0.1, -0.05) is 29.4 Å². The Morgan fingerprint density at radius 3 is 2.72 bits per heavy atom. The van der Waals surface area contributed by atoms with E-state index >= 15 is 0 Å². The van der Waals surface area contributed by atoms with Gasteiger partial charge in [-0.05, 0) is 43.2 Å². The number of amides is 1. The predicted octanol–water partition coefficient (Wildman–Crippen LogP) is 2.32. The fourth-order valence-corrected chi connectivity index (χ4v) is 2.60. The van der Waals surface area contributed by atoms with Gasteiger partial charge in [-0.15, -0.1) is 0 Å². The maximum Gasteiger partial charge on any atom is 0.347 e. The van der Waals surface area contributed by atoms with Crippen molar-refractivity contribution in [3.8, 4) is 11.5 Å². The van der Waals surface area contributed by atoms with E-state index in [2.05, 4.69) is 10.5 Å². The highest BCUT2D eigenvalue weighted by Crippen LogP contribution is 2.32. The van der Waals surface area contributed by atoms with Crippen molar-refractivity contribution in [2.24, 2.45) is 5.16 Å². The SMILES string of the molecule is C/C(=N/OCC(=O)OCC(=O)NCc1ccccc1C)c1ccc2c(c1)OCO2.